The second-order valence-corrected chi connectivity index (χ2v) is 5.04. The minimum atomic E-state index is -0.0535. The second kappa shape index (κ2) is 6.79. The Morgan fingerprint density at radius 3 is 1.83 bits per heavy atom. The molecule has 0 aromatic heterocycles. The van der Waals surface area contributed by atoms with Crippen LogP contribution in [0, 0.1) is 0 Å². The topological polar surface area (TPSA) is 35.5 Å². The molecule has 3 rings (SSSR count). The van der Waals surface area contributed by atoms with E-state index in [0.29, 0.717) is 22.8 Å². The van der Waals surface area contributed by atoms with E-state index in [1.54, 1.807) is 18.2 Å². The predicted octanol–water partition coefficient (Wildman–Crippen LogP) is 5.47. The summed E-state index contributed by atoms with van der Waals surface area (Å²) in [5.41, 5.74) is 0.522. The van der Waals surface area contributed by atoms with Gasteiger partial charge in [0.15, 0.2) is 5.78 Å². The highest BCUT2D eigenvalue weighted by molar-refractivity contribution is 5.97. The molecule has 0 amide bonds. The van der Waals surface area contributed by atoms with Crippen LogP contribution in [0.2, 0.25) is 0 Å². The van der Waals surface area contributed by atoms with Gasteiger partial charge in [-0.05, 0) is 43.3 Å². The number of carbonyl (C=O) groups is 1. The maximum atomic E-state index is 11.8. The van der Waals surface area contributed by atoms with Crippen LogP contribution in [-0.4, -0.2) is 5.78 Å². The molecule has 3 nitrogen and oxygen atoms in total. The zero-order chi connectivity index (χ0) is 16.1. The van der Waals surface area contributed by atoms with Crippen LogP contribution < -0.4 is 9.47 Å². The summed E-state index contributed by atoms with van der Waals surface area (Å²) < 4.78 is 11.6. The van der Waals surface area contributed by atoms with Gasteiger partial charge in [-0.3, -0.25) is 4.79 Å². The summed E-state index contributed by atoms with van der Waals surface area (Å²) in [6.07, 6.45) is 0. The number of ketones is 1. The second-order valence-electron chi connectivity index (χ2n) is 5.04. The van der Waals surface area contributed by atoms with Crippen LogP contribution in [0.4, 0.5) is 0 Å². The minimum Gasteiger partial charge on any atom is -0.457 e. The van der Waals surface area contributed by atoms with Gasteiger partial charge < -0.3 is 9.47 Å². The van der Waals surface area contributed by atoms with Crippen molar-refractivity contribution < 1.29 is 14.3 Å². The SMILES string of the molecule is CC(=O)c1ccc(Oc2ccccc2)cc1Oc1ccccc1. The van der Waals surface area contributed by atoms with Crippen LogP contribution in [0.1, 0.15) is 17.3 Å². The Labute approximate surface area is 135 Å². The van der Waals surface area contributed by atoms with Crippen molar-refractivity contribution in [3.8, 4) is 23.0 Å². The molecule has 0 saturated carbocycles. The van der Waals surface area contributed by atoms with Gasteiger partial charge in [-0.15, -0.1) is 0 Å². The molecule has 23 heavy (non-hydrogen) atoms. The van der Waals surface area contributed by atoms with Crippen molar-refractivity contribution in [2.24, 2.45) is 0 Å². The van der Waals surface area contributed by atoms with Gasteiger partial charge in [-0.25, -0.2) is 0 Å². The Kier molecular flexibility index (Phi) is 4.39. The monoisotopic (exact) mass is 304 g/mol. The summed E-state index contributed by atoms with van der Waals surface area (Å²) in [6, 6.07) is 24.1. The Balaban J connectivity index is 1.91. The van der Waals surface area contributed by atoms with E-state index in [2.05, 4.69) is 0 Å². The molecule has 0 unspecified atom stereocenters. The summed E-state index contributed by atoms with van der Waals surface area (Å²) in [5.74, 6) is 2.45. The van der Waals surface area contributed by atoms with Gasteiger partial charge in [0.25, 0.3) is 0 Å². The number of carbonyl (C=O) groups excluding carboxylic acids is 1. The van der Waals surface area contributed by atoms with E-state index >= 15 is 0 Å². The molecular formula is C20H16O3. The molecule has 0 bridgehead atoms. The standard InChI is InChI=1S/C20H16O3/c1-15(21)19-13-12-18(22-16-8-4-2-5-9-16)14-20(19)23-17-10-6-3-7-11-17/h2-14H,1H3. The molecule has 0 atom stereocenters. The van der Waals surface area contributed by atoms with Crippen LogP contribution in [-0.2, 0) is 0 Å². The van der Waals surface area contributed by atoms with E-state index in [1.807, 2.05) is 60.7 Å². The first-order chi connectivity index (χ1) is 11.2. The third kappa shape index (κ3) is 3.77. The van der Waals surface area contributed by atoms with Crippen molar-refractivity contribution in [3.63, 3.8) is 0 Å². The number of hydrogen-bond acceptors (Lipinski definition) is 3. The molecule has 0 radical (unpaired) electrons. The molecule has 3 heteroatoms. The maximum Gasteiger partial charge on any atom is 0.163 e. The number of hydrogen-bond donors (Lipinski definition) is 0. The molecule has 0 heterocycles. The molecular weight excluding hydrogens is 288 g/mol. The van der Waals surface area contributed by atoms with Gasteiger partial charge in [-0.1, -0.05) is 36.4 Å². The van der Waals surface area contributed by atoms with Gasteiger partial charge in [0.2, 0.25) is 0 Å². The zero-order valence-corrected chi connectivity index (χ0v) is 12.7. The van der Waals surface area contributed by atoms with Gasteiger partial charge >= 0.3 is 0 Å². The van der Waals surface area contributed by atoms with Crippen molar-refractivity contribution in [1.29, 1.82) is 0 Å². The van der Waals surface area contributed by atoms with Crippen LogP contribution >= 0.6 is 0 Å². The lowest BCUT2D eigenvalue weighted by atomic mass is 10.1. The molecule has 0 saturated heterocycles. The van der Waals surface area contributed by atoms with Crippen molar-refractivity contribution in [2.45, 2.75) is 6.92 Å². The van der Waals surface area contributed by atoms with E-state index in [9.17, 15) is 4.79 Å². The molecule has 0 spiro atoms. The fraction of sp³-hybridized carbons (Fsp3) is 0.0500. The average Bonchev–Trinajstić information content (AvgIpc) is 2.57. The molecule has 3 aromatic rings. The zero-order valence-electron chi connectivity index (χ0n) is 12.7. The first kappa shape index (κ1) is 14.9. The number of para-hydroxylation sites is 2. The van der Waals surface area contributed by atoms with Crippen LogP contribution in [0.15, 0.2) is 78.9 Å². The predicted molar refractivity (Wildman–Crippen MR) is 89.5 cm³/mol. The molecule has 0 fully saturated rings. The lowest BCUT2D eigenvalue weighted by Gasteiger charge is -2.12. The van der Waals surface area contributed by atoms with Crippen LogP contribution in [0.3, 0.4) is 0 Å². The normalized spacial score (nSPS) is 10.1. The van der Waals surface area contributed by atoms with Gasteiger partial charge in [0, 0.05) is 6.07 Å². The number of rotatable bonds is 5. The quantitative estimate of drug-likeness (QED) is 0.586. The molecule has 3 aromatic carbocycles. The van der Waals surface area contributed by atoms with Crippen LogP contribution in [0.5, 0.6) is 23.0 Å². The Morgan fingerprint density at radius 2 is 1.26 bits per heavy atom. The number of Topliss-reactive ketones (excluding diaryl/α,β-unsaturated/α-hetero) is 1. The van der Waals surface area contributed by atoms with E-state index in [1.165, 1.54) is 6.92 Å². The smallest absolute Gasteiger partial charge is 0.163 e. The Bertz CT molecular complexity index is 796. The maximum absolute atomic E-state index is 11.8. The third-order valence-electron chi connectivity index (χ3n) is 3.28. The highest BCUT2D eigenvalue weighted by atomic mass is 16.5. The van der Waals surface area contributed by atoms with E-state index in [4.69, 9.17) is 9.47 Å². The van der Waals surface area contributed by atoms with Gasteiger partial charge in [-0.2, -0.15) is 0 Å². The highest BCUT2D eigenvalue weighted by Gasteiger charge is 2.11. The van der Waals surface area contributed by atoms with Crippen molar-refractivity contribution in [1.82, 2.24) is 0 Å². The first-order valence-electron chi connectivity index (χ1n) is 7.33. The summed E-state index contributed by atoms with van der Waals surface area (Å²) in [7, 11) is 0. The third-order valence-corrected chi connectivity index (χ3v) is 3.28. The van der Waals surface area contributed by atoms with Gasteiger partial charge in [0.05, 0.1) is 5.56 Å². The average molecular weight is 304 g/mol. The molecule has 0 aliphatic carbocycles. The Morgan fingerprint density at radius 1 is 0.696 bits per heavy atom. The van der Waals surface area contributed by atoms with Crippen molar-refractivity contribution in [3.05, 3.63) is 84.4 Å². The van der Waals surface area contributed by atoms with E-state index in [0.717, 1.165) is 5.75 Å². The van der Waals surface area contributed by atoms with Gasteiger partial charge in [0.1, 0.15) is 23.0 Å². The molecule has 0 aliphatic rings. The fourth-order valence-corrected chi connectivity index (χ4v) is 2.18. The van der Waals surface area contributed by atoms with Crippen molar-refractivity contribution >= 4 is 5.78 Å². The summed E-state index contributed by atoms with van der Waals surface area (Å²) in [6.45, 7) is 1.52. The fourth-order valence-electron chi connectivity index (χ4n) is 2.18. The van der Waals surface area contributed by atoms with E-state index < -0.39 is 0 Å². The van der Waals surface area contributed by atoms with Crippen LogP contribution in [0.25, 0.3) is 0 Å². The molecule has 0 aliphatic heterocycles. The summed E-state index contributed by atoms with van der Waals surface area (Å²) >= 11 is 0. The first-order valence-corrected chi connectivity index (χ1v) is 7.33. The number of benzene rings is 3. The highest BCUT2D eigenvalue weighted by Crippen LogP contribution is 2.31. The molecule has 0 N–H and O–H groups in total. The minimum absolute atomic E-state index is 0.0535. The largest absolute Gasteiger partial charge is 0.457 e. The summed E-state index contributed by atoms with van der Waals surface area (Å²) in [5, 5.41) is 0. The Hall–Kier alpha value is -3.07. The lowest BCUT2D eigenvalue weighted by Crippen LogP contribution is -1.97. The summed E-state index contributed by atoms with van der Waals surface area (Å²) in [4.78, 5) is 11.8. The number of ether oxygens (including phenoxy) is 2. The molecule has 114 valence electrons. The van der Waals surface area contributed by atoms with E-state index in [-0.39, 0.29) is 5.78 Å². The van der Waals surface area contributed by atoms with Crippen molar-refractivity contribution in [2.75, 3.05) is 0 Å². The lowest BCUT2D eigenvalue weighted by molar-refractivity contribution is 0.101.